The third kappa shape index (κ3) is 4.09. The highest BCUT2D eigenvalue weighted by Gasteiger charge is 2.44. The largest absolute Gasteiger partial charge is 0.495 e. The Bertz CT molecular complexity index is 766. The Morgan fingerprint density at radius 1 is 1.25 bits per heavy atom. The van der Waals surface area contributed by atoms with Crippen LogP contribution < -0.4 is 10.1 Å². The van der Waals surface area contributed by atoms with Gasteiger partial charge in [0.25, 0.3) is 0 Å². The molecular weight excluding hydrogens is 390 g/mol. The Morgan fingerprint density at radius 2 is 1.96 bits per heavy atom. The number of piperidine rings is 1. The highest BCUT2D eigenvalue weighted by molar-refractivity contribution is 6.31. The van der Waals surface area contributed by atoms with Crippen LogP contribution in [0.5, 0.6) is 5.75 Å². The van der Waals surface area contributed by atoms with Gasteiger partial charge in [0.2, 0.25) is 0 Å². The number of anilines is 1. The molecule has 2 fully saturated rings. The molecule has 3 amide bonds. The standard InChI is InChI=1S/C18H22ClN3O6/c1-26-15-4-3-11(19)9-13(15)20-17(24)21-7-5-12(6-8-21)22-14(16(23)27-2)10-28-18(22)25/h3-4,9,12,14H,5-8,10H2,1-2H3,(H,20,24)/t14-/m0/s1. The molecule has 1 N–H and O–H groups in total. The molecule has 1 aromatic rings. The second kappa shape index (κ2) is 8.55. The fourth-order valence-corrected chi connectivity index (χ4v) is 3.64. The van der Waals surface area contributed by atoms with Crippen LogP contribution in [0.1, 0.15) is 12.8 Å². The van der Waals surface area contributed by atoms with E-state index in [4.69, 9.17) is 25.8 Å². The summed E-state index contributed by atoms with van der Waals surface area (Å²) < 4.78 is 15.0. The monoisotopic (exact) mass is 411 g/mol. The number of rotatable bonds is 4. The van der Waals surface area contributed by atoms with Gasteiger partial charge in [-0.25, -0.2) is 14.4 Å². The summed E-state index contributed by atoms with van der Waals surface area (Å²) in [7, 11) is 2.79. The van der Waals surface area contributed by atoms with Crippen molar-refractivity contribution in [1.29, 1.82) is 0 Å². The van der Waals surface area contributed by atoms with E-state index < -0.39 is 18.1 Å². The van der Waals surface area contributed by atoms with Gasteiger partial charge in [-0.05, 0) is 31.0 Å². The average Bonchev–Trinajstić information content (AvgIpc) is 3.09. The van der Waals surface area contributed by atoms with Crippen LogP contribution in [-0.2, 0) is 14.3 Å². The Hall–Kier alpha value is -2.68. The van der Waals surface area contributed by atoms with Crippen molar-refractivity contribution in [2.45, 2.75) is 24.9 Å². The zero-order valence-corrected chi connectivity index (χ0v) is 16.4. The first-order valence-electron chi connectivity index (χ1n) is 8.87. The summed E-state index contributed by atoms with van der Waals surface area (Å²) in [4.78, 5) is 39.6. The zero-order chi connectivity index (χ0) is 20.3. The molecule has 2 aliphatic heterocycles. The van der Waals surface area contributed by atoms with Crippen molar-refractivity contribution in [1.82, 2.24) is 9.80 Å². The van der Waals surface area contributed by atoms with E-state index >= 15 is 0 Å². The maximum absolute atomic E-state index is 12.6. The Morgan fingerprint density at radius 3 is 2.61 bits per heavy atom. The number of ether oxygens (including phenoxy) is 3. The number of carbonyl (C=O) groups excluding carboxylic acids is 3. The molecule has 152 valence electrons. The van der Waals surface area contributed by atoms with Crippen LogP contribution in [0, 0.1) is 0 Å². The number of carbonyl (C=O) groups is 3. The number of esters is 1. The molecule has 0 aliphatic carbocycles. The normalized spacial score (nSPS) is 20.0. The number of halogens is 1. The molecule has 0 radical (unpaired) electrons. The van der Waals surface area contributed by atoms with Crippen LogP contribution >= 0.6 is 11.6 Å². The van der Waals surface area contributed by atoms with Crippen LogP contribution in [0.15, 0.2) is 18.2 Å². The van der Waals surface area contributed by atoms with Gasteiger partial charge in [0.05, 0.1) is 19.9 Å². The van der Waals surface area contributed by atoms with E-state index in [1.807, 2.05) is 0 Å². The number of cyclic esters (lactones) is 1. The second-order valence-electron chi connectivity index (χ2n) is 6.52. The maximum Gasteiger partial charge on any atom is 0.410 e. The molecule has 10 heteroatoms. The van der Waals surface area contributed by atoms with Crippen molar-refractivity contribution in [2.24, 2.45) is 0 Å². The van der Waals surface area contributed by atoms with Crippen LogP contribution in [0.4, 0.5) is 15.3 Å². The minimum absolute atomic E-state index is 0.0131. The molecule has 9 nitrogen and oxygen atoms in total. The van der Waals surface area contributed by atoms with E-state index in [9.17, 15) is 14.4 Å². The summed E-state index contributed by atoms with van der Waals surface area (Å²) in [5.74, 6) is 0.00689. The molecule has 2 saturated heterocycles. The lowest BCUT2D eigenvalue weighted by Crippen LogP contribution is -2.52. The van der Waals surface area contributed by atoms with E-state index in [1.165, 1.54) is 19.1 Å². The van der Waals surface area contributed by atoms with Crippen molar-refractivity contribution >= 4 is 35.4 Å². The predicted octanol–water partition coefficient (Wildman–Crippen LogP) is 2.34. The molecule has 0 bridgehead atoms. The molecule has 0 aromatic heterocycles. The summed E-state index contributed by atoms with van der Waals surface area (Å²) >= 11 is 5.99. The van der Waals surface area contributed by atoms with Crippen molar-refractivity contribution < 1.29 is 28.6 Å². The summed E-state index contributed by atoms with van der Waals surface area (Å²) in [6.45, 7) is 0.842. The highest BCUT2D eigenvalue weighted by atomic mass is 35.5. The van der Waals surface area contributed by atoms with Crippen molar-refractivity contribution in [3.63, 3.8) is 0 Å². The molecule has 0 unspecified atom stereocenters. The molecule has 2 aliphatic rings. The number of urea groups is 1. The maximum atomic E-state index is 12.6. The number of likely N-dealkylation sites (tertiary alicyclic amines) is 1. The number of methoxy groups -OCH3 is 2. The summed E-state index contributed by atoms with van der Waals surface area (Å²) in [6, 6.07) is 3.76. The lowest BCUT2D eigenvalue weighted by molar-refractivity contribution is -0.145. The first-order chi connectivity index (χ1) is 13.4. The van der Waals surface area contributed by atoms with E-state index in [1.54, 1.807) is 23.1 Å². The van der Waals surface area contributed by atoms with Gasteiger partial charge in [0.15, 0.2) is 6.04 Å². The molecule has 0 saturated carbocycles. The predicted molar refractivity (Wildman–Crippen MR) is 101 cm³/mol. The molecule has 1 atom stereocenters. The smallest absolute Gasteiger partial charge is 0.410 e. The molecule has 0 spiro atoms. The van der Waals surface area contributed by atoms with E-state index in [0.717, 1.165) is 0 Å². The molecule has 28 heavy (non-hydrogen) atoms. The lowest BCUT2D eigenvalue weighted by Gasteiger charge is -2.37. The minimum Gasteiger partial charge on any atom is -0.495 e. The molecule has 1 aromatic carbocycles. The number of nitrogens with zero attached hydrogens (tertiary/aromatic N) is 2. The van der Waals surface area contributed by atoms with Gasteiger partial charge in [-0.3, -0.25) is 4.90 Å². The van der Waals surface area contributed by atoms with Gasteiger partial charge in [-0.2, -0.15) is 0 Å². The van der Waals surface area contributed by atoms with Crippen LogP contribution in [0.3, 0.4) is 0 Å². The number of hydrogen-bond donors (Lipinski definition) is 1. The summed E-state index contributed by atoms with van der Waals surface area (Å²) in [6.07, 6.45) is 0.535. The quantitative estimate of drug-likeness (QED) is 0.764. The van der Waals surface area contributed by atoms with E-state index in [2.05, 4.69) is 5.32 Å². The van der Waals surface area contributed by atoms with Crippen LogP contribution in [0.25, 0.3) is 0 Å². The first kappa shape index (κ1) is 20.1. The van der Waals surface area contributed by atoms with Crippen molar-refractivity contribution in [3.8, 4) is 5.75 Å². The summed E-state index contributed by atoms with van der Waals surface area (Å²) in [5, 5.41) is 3.28. The third-order valence-corrected chi connectivity index (χ3v) is 5.17. The minimum atomic E-state index is -0.737. The number of amides is 3. The van der Waals surface area contributed by atoms with Crippen molar-refractivity contribution in [3.05, 3.63) is 23.2 Å². The van der Waals surface area contributed by atoms with Gasteiger partial charge in [0.1, 0.15) is 12.4 Å². The molecule has 2 heterocycles. The van der Waals surface area contributed by atoms with Gasteiger partial charge in [-0.1, -0.05) is 11.6 Å². The summed E-state index contributed by atoms with van der Waals surface area (Å²) in [5.41, 5.74) is 0.482. The third-order valence-electron chi connectivity index (χ3n) is 4.93. The van der Waals surface area contributed by atoms with Gasteiger partial charge >= 0.3 is 18.1 Å². The fraction of sp³-hybridized carbons (Fsp3) is 0.500. The van der Waals surface area contributed by atoms with Crippen molar-refractivity contribution in [2.75, 3.05) is 39.2 Å². The molecular formula is C18H22ClN3O6. The van der Waals surface area contributed by atoms with Gasteiger partial charge in [0, 0.05) is 24.2 Å². The van der Waals surface area contributed by atoms with Gasteiger partial charge < -0.3 is 24.4 Å². The number of nitrogens with one attached hydrogen (secondary N) is 1. The topological polar surface area (TPSA) is 97.4 Å². The van der Waals surface area contributed by atoms with Crippen LogP contribution in [0.2, 0.25) is 5.02 Å². The Labute approximate surface area is 167 Å². The second-order valence-corrected chi connectivity index (χ2v) is 6.95. The van der Waals surface area contributed by atoms with E-state index in [0.29, 0.717) is 42.4 Å². The zero-order valence-electron chi connectivity index (χ0n) is 15.6. The SMILES string of the molecule is COC(=O)[C@@H]1COC(=O)N1C1CCN(C(=O)Nc2cc(Cl)ccc2OC)CC1. The number of benzene rings is 1. The highest BCUT2D eigenvalue weighted by Crippen LogP contribution is 2.29. The average molecular weight is 412 g/mol. The Kier molecular flexibility index (Phi) is 6.13. The lowest BCUT2D eigenvalue weighted by atomic mass is 10.0. The van der Waals surface area contributed by atoms with Gasteiger partial charge in [-0.15, -0.1) is 0 Å². The molecule has 3 rings (SSSR count). The van der Waals surface area contributed by atoms with E-state index in [-0.39, 0.29) is 18.7 Å². The first-order valence-corrected chi connectivity index (χ1v) is 9.24. The Balaban J connectivity index is 1.61. The number of hydrogen-bond acceptors (Lipinski definition) is 6. The fourth-order valence-electron chi connectivity index (χ4n) is 3.47. The van der Waals surface area contributed by atoms with Crippen LogP contribution in [-0.4, -0.2) is 73.9 Å².